The van der Waals surface area contributed by atoms with E-state index in [1.165, 1.54) is 6.07 Å². The first kappa shape index (κ1) is 35.3. The van der Waals surface area contributed by atoms with Gasteiger partial charge in [0.1, 0.15) is 36.2 Å². The number of carbonyl (C=O) groups excluding carboxylic acids is 6. The minimum absolute atomic E-state index is 0.0194. The van der Waals surface area contributed by atoms with Crippen molar-refractivity contribution >= 4 is 35.4 Å². The Hall–Kier alpha value is -5.14. The van der Waals surface area contributed by atoms with Gasteiger partial charge in [-0.2, -0.15) is 0 Å². The fourth-order valence-electron chi connectivity index (χ4n) is 4.70. The Labute approximate surface area is 267 Å². The smallest absolute Gasteiger partial charge is 0.255 e. The van der Waals surface area contributed by atoms with Crippen LogP contribution in [0.25, 0.3) is 0 Å². The molecule has 0 saturated carbocycles. The number of hydrogen-bond donors (Lipinski definition) is 6. The molecule has 3 rings (SSSR count). The number of amides is 6. The summed E-state index contributed by atoms with van der Waals surface area (Å²) in [6.07, 6.45) is -0.675. The van der Waals surface area contributed by atoms with Crippen molar-refractivity contribution in [3.63, 3.8) is 0 Å². The van der Waals surface area contributed by atoms with Crippen molar-refractivity contribution in [2.45, 2.75) is 64.2 Å². The van der Waals surface area contributed by atoms with Crippen molar-refractivity contribution in [2.24, 2.45) is 11.7 Å². The van der Waals surface area contributed by atoms with Crippen LogP contribution in [0.5, 0.6) is 11.5 Å². The molecule has 1 heterocycles. The topological polar surface area (TPSA) is 207 Å². The monoisotopic (exact) mass is 638 g/mol. The Morgan fingerprint density at radius 3 is 2.33 bits per heavy atom. The highest BCUT2D eigenvalue weighted by Gasteiger charge is 2.32. The van der Waals surface area contributed by atoms with Gasteiger partial charge in [-0.05, 0) is 49.1 Å². The zero-order valence-corrected chi connectivity index (χ0v) is 26.4. The predicted molar refractivity (Wildman–Crippen MR) is 168 cm³/mol. The Bertz CT molecular complexity index is 1410. The average Bonchev–Trinajstić information content (AvgIpc) is 3.01. The van der Waals surface area contributed by atoms with Crippen molar-refractivity contribution in [2.75, 3.05) is 20.3 Å². The summed E-state index contributed by atoms with van der Waals surface area (Å²) in [5, 5.41) is 13.1. The summed E-state index contributed by atoms with van der Waals surface area (Å²) in [6.45, 7) is 5.31. The Morgan fingerprint density at radius 2 is 1.67 bits per heavy atom. The van der Waals surface area contributed by atoms with E-state index < -0.39 is 72.5 Å². The first-order valence-corrected chi connectivity index (χ1v) is 15.0. The van der Waals surface area contributed by atoms with Gasteiger partial charge in [0.15, 0.2) is 0 Å². The van der Waals surface area contributed by atoms with Gasteiger partial charge in [-0.25, -0.2) is 0 Å². The lowest BCUT2D eigenvalue weighted by Gasteiger charge is -2.26. The fourth-order valence-corrected chi connectivity index (χ4v) is 4.70. The number of hydrogen-bond acceptors (Lipinski definition) is 8. The molecule has 0 unspecified atom stereocenters. The molecule has 14 nitrogen and oxygen atoms in total. The molecule has 7 N–H and O–H groups in total. The van der Waals surface area contributed by atoms with Gasteiger partial charge in [-0.1, -0.05) is 38.1 Å². The molecule has 0 fully saturated rings. The molecule has 0 aliphatic carbocycles. The van der Waals surface area contributed by atoms with Crippen LogP contribution in [0.4, 0.5) is 0 Å². The number of ether oxygens (including phenoxy) is 2. The van der Waals surface area contributed by atoms with E-state index in [1.807, 2.05) is 12.1 Å². The summed E-state index contributed by atoms with van der Waals surface area (Å²) in [4.78, 5) is 78.1. The third-order valence-electron chi connectivity index (χ3n) is 7.20. The minimum atomic E-state index is -1.44. The molecule has 0 aromatic heterocycles. The number of nitrogens with two attached hydrogens (primary N) is 1. The largest absolute Gasteiger partial charge is 0.497 e. The van der Waals surface area contributed by atoms with Crippen LogP contribution in [0.15, 0.2) is 48.5 Å². The highest BCUT2D eigenvalue weighted by atomic mass is 16.5. The number of primary amides is 1. The molecular weight excluding hydrogens is 596 g/mol. The fraction of sp³-hybridized carbons (Fsp3) is 0.438. The normalized spacial score (nSPS) is 21.3. The molecule has 2 aromatic carbocycles. The van der Waals surface area contributed by atoms with Crippen molar-refractivity contribution < 1.29 is 38.2 Å². The number of rotatable bonds is 8. The van der Waals surface area contributed by atoms with E-state index in [0.717, 1.165) is 5.56 Å². The second kappa shape index (κ2) is 16.8. The summed E-state index contributed by atoms with van der Waals surface area (Å²) in [6, 6.07) is 9.28. The molecule has 0 saturated heterocycles. The van der Waals surface area contributed by atoms with Gasteiger partial charge >= 0.3 is 0 Å². The van der Waals surface area contributed by atoms with Crippen LogP contribution in [0.3, 0.4) is 0 Å². The molecule has 0 bridgehead atoms. The first-order chi connectivity index (χ1) is 21.9. The summed E-state index contributed by atoms with van der Waals surface area (Å²) in [5.74, 6) is -3.82. The quantitative estimate of drug-likeness (QED) is 0.230. The second-order valence-electron chi connectivity index (χ2n) is 11.4. The van der Waals surface area contributed by atoms with Crippen LogP contribution < -0.4 is 41.8 Å². The number of carbonyl (C=O) groups is 6. The lowest BCUT2D eigenvalue weighted by Crippen LogP contribution is -2.58. The molecule has 0 spiro atoms. The maximum absolute atomic E-state index is 13.4. The molecule has 4 atom stereocenters. The Morgan fingerprint density at radius 1 is 0.978 bits per heavy atom. The van der Waals surface area contributed by atoms with Crippen molar-refractivity contribution in [3.05, 3.63) is 59.7 Å². The van der Waals surface area contributed by atoms with Gasteiger partial charge in [0.05, 0.1) is 31.6 Å². The number of benzene rings is 2. The minimum Gasteiger partial charge on any atom is -0.497 e. The second-order valence-corrected chi connectivity index (χ2v) is 11.4. The van der Waals surface area contributed by atoms with Gasteiger partial charge in [0, 0.05) is 6.54 Å². The van der Waals surface area contributed by atoms with Gasteiger partial charge in [-0.15, -0.1) is 0 Å². The van der Waals surface area contributed by atoms with Crippen LogP contribution in [0.2, 0.25) is 0 Å². The third kappa shape index (κ3) is 10.5. The molecule has 248 valence electrons. The highest BCUT2D eigenvalue weighted by Crippen LogP contribution is 2.19. The Balaban J connectivity index is 1.89. The maximum Gasteiger partial charge on any atom is 0.255 e. The molecule has 2 aromatic rings. The number of fused-ring (bicyclic) bond motifs is 1. The zero-order chi connectivity index (χ0) is 33.8. The number of nitrogens with one attached hydrogen (secondary N) is 5. The molecule has 1 aliphatic rings. The molecule has 0 radical (unpaired) electrons. The molecule has 46 heavy (non-hydrogen) atoms. The third-order valence-corrected chi connectivity index (χ3v) is 7.20. The van der Waals surface area contributed by atoms with Crippen molar-refractivity contribution in [1.82, 2.24) is 26.6 Å². The maximum atomic E-state index is 13.4. The number of para-hydroxylation sites is 1. The standard InChI is InChI=1S/C32H42N6O8/c1-18(2)28-32(44)35-19(3)17-46-25-8-6-5-7-22(25)29(41)37-24(16-27(40)36-23(15-26(33)39)31(43)38-28)30(42)34-14-13-20-9-11-21(45-4)12-10-20/h5-12,18-19,23-24,28H,13-17H2,1-4H3,(H2,33,39)(H,34,42)(H,35,44)(H,36,40)(H,37,41)(H,38,43)/t19-,23-,24-,28+/m0/s1. The van der Waals surface area contributed by atoms with Crippen LogP contribution in [-0.2, 0) is 30.4 Å². The highest BCUT2D eigenvalue weighted by molar-refractivity contribution is 6.01. The van der Waals surface area contributed by atoms with Gasteiger partial charge < -0.3 is 41.8 Å². The van der Waals surface area contributed by atoms with E-state index in [9.17, 15) is 28.8 Å². The van der Waals surface area contributed by atoms with Crippen molar-refractivity contribution in [1.29, 1.82) is 0 Å². The lowest BCUT2D eigenvalue weighted by molar-refractivity contribution is -0.135. The SMILES string of the molecule is COc1ccc(CCNC(=O)[C@@H]2CC(=O)N[C@@H](CC(N)=O)C(=O)N[C@H](C(C)C)C(=O)N[C@@H](C)COc3ccccc3C(=O)N2)cc1. The van der Waals surface area contributed by atoms with Crippen LogP contribution in [0, 0.1) is 5.92 Å². The van der Waals surface area contributed by atoms with E-state index in [-0.39, 0.29) is 30.4 Å². The van der Waals surface area contributed by atoms with Crippen LogP contribution in [0.1, 0.15) is 49.5 Å². The van der Waals surface area contributed by atoms with E-state index in [0.29, 0.717) is 12.2 Å². The van der Waals surface area contributed by atoms with E-state index >= 15 is 0 Å². The summed E-state index contributed by atoms with van der Waals surface area (Å²) >= 11 is 0. The van der Waals surface area contributed by atoms with Gasteiger partial charge in [0.25, 0.3) is 5.91 Å². The van der Waals surface area contributed by atoms with Gasteiger partial charge in [0.2, 0.25) is 29.5 Å². The lowest BCUT2D eigenvalue weighted by atomic mass is 10.0. The van der Waals surface area contributed by atoms with E-state index in [1.54, 1.807) is 58.2 Å². The Kier molecular flexibility index (Phi) is 12.9. The summed E-state index contributed by atoms with van der Waals surface area (Å²) in [5.41, 5.74) is 6.38. The summed E-state index contributed by atoms with van der Waals surface area (Å²) in [7, 11) is 1.56. The van der Waals surface area contributed by atoms with Gasteiger partial charge in [-0.3, -0.25) is 28.8 Å². The average molecular weight is 639 g/mol. The zero-order valence-electron chi connectivity index (χ0n) is 26.4. The van der Waals surface area contributed by atoms with Crippen molar-refractivity contribution in [3.8, 4) is 11.5 Å². The molecular formula is C32H42N6O8. The number of methoxy groups -OCH3 is 1. The van der Waals surface area contributed by atoms with Crippen LogP contribution in [-0.4, -0.2) is 79.9 Å². The van der Waals surface area contributed by atoms with E-state index in [2.05, 4.69) is 26.6 Å². The summed E-state index contributed by atoms with van der Waals surface area (Å²) < 4.78 is 11.0. The first-order valence-electron chi connectivity index (χ1n) is 15.0. The van der Waals surface area contributed by atoms with Crippen LogP contribution >= 0.6 is 0 Å². The molecule has 6 amide bonds. The molecule has 14 heteroatoms. The predicted octanol–water partition coefficient (Wildman–Crippen LogP) is -0.0593. The molecule has 1 aliphatic heterocycles. The van der Waals surface area contributed by atoms with E-state index in [4.69, 9.17) is 15.2 Å².